The van der Waals surface area contributed by atoms with Crippen molar-refractivity contribution in [2.45, 2.75) is 38.1 Å². The summed E-state index contributed by atoms with van der Waals surface area (Å²) >= 11 is 0. The van der Waals surface area contributed by atoms with E-state index in [9.17, 15) is 9.90 Å². The molecule has 3 N–H and O–H groups in total. The fraction of sp³-hybridized carbons (Fsp3) is 0.611. The first-order chi connectivity index (χ1) is 11.1. The smallest absolute Gasteiger partial charge is 0.315 e. The van der Waals surface area contributed by atoms with Crippen LogP contribution in [0, 0.1) is 11.3 Å². The molecule has 0 spiro atoms. The van der Waals surface area contributed by atoms with E-state index in [1.54, 1.807) is 7.11 Å². The van der Waals surface area contributed by atoms with E-state index in [1.165, 1.54) is 18.4 Å². The van der Waals surface area contributed by atoms with Crippen LogP contribution in [0.2, 0.25) is 0 Å². The maximum atomic E-state index is 12.2. The first-order valence-electron chi connectivity index (χ1n) is 8.42. The van der Waals surface area contributed by atoms with Crippen molar-refractivity contribution in [3.8, 4) is 5.75 Å². The molecular formula is C18H26N2O3. The Kier molecular flexibility index (Phi) is 4.76. The number of aliphatic hydroxyl groups is 1. The summed E-state index contributed by atoms with van der Waals surface area (Å²) in [6.45, 7) is 0.717. The number of carbonyl (C=O) groups is 1. The zero-order valence-corrected chi connectivity index (χ0v) is 13.7. The molecule has 23 heavy (non-hydrogen) atoms. The van der Waals surface area contributed by atoms with Gasteiger partial charge >= 0.3 is 6.03 Å². The lowest BCUT2D eigenvalue weighted by Gasteiger charge is -2.20. The number of urea groups is 1. The summed E-state index contributed by atoms with van der Waals surface area (Å²) in [5.41, 5.74) is 1.12. The highest BCUT2D eigenvalue weighted by Gasteiger charge is 2.42. The molecule has 1 unspecified atom stereocenters. The molecule has 0 heterocycles. The Bertz CT molecular complexity index is 553. The number of nitrogens with one attached hydrogen (secondary N) is 2. The number of aliphatic hydroxyl groups excluding tert-OH is 1. The second-order valence-corrected chi connectivity index (χ2v) is 6.98. The lowest BCUT2D eigenvalue weighted by atomic mass is 10.0. The lowest BCUT2D eigenvalue weighted by Crippen LogP contribution is -2.46. The van der Waals surface area contributed by atoms with Crippen molar-refractivity contribution in [1.82, 2.24) is 10.6 Å². The van der Waals surface area contributed by atoms with Crippen LogP contribution in [0.4, 0.5) is 4.79 Å². The Hall–Kier alpha value is -1.75. The minimum absolute atomic E-state index is 0.0563. The molecule has 5 heteroatoms. The van der Waals surface area contributed by atoms with E-state index < -0.39 is 0 Å². The summed E-state index contributed by atoms with van der Waals surface area (Å²) in [5.74, 6) is 1.42. The van der Waals surface area contributed by atoms with Gasteiger partial charge in [-0.3, -0.25) is 0 Å². The second-order valence-electron chi connectivity index (χ2n) is 6.98. The Labute approximate surface area is 137 Å². The van der Waals surface area contributed by atoms with Gasteiger partial charge in [0.2, 0.25) is 0 Å². The molecule has 2 fully saturated rings. The molecule has 0 aliphatic heterocycles. The van der Waals surface area contributed by atoms with Crippen molar-refractivity contribution in [3.63, 3.8) is 0 Å². The van der Waals surface area contributed by atoms with Crippen molar-refractivity contribution in [2.75, 3.05) is 20.3 Å². The average Bonchev–Trinajstić information content (AvgIpc) is 3.47. The van der Waals surface area contributed by atoms with Gasteiger partial charge in [-0.25, -0.2) is 4.79 Å². The summed E-state index contributed by atoms with van der Waals surface area (Å²) < 4.78 is 5.27. The van der Waals surface area contributed by atoms with E-state index in [2.05, 4.69) is 16.7 Å². The largest absolute Gasteiger partial charge is 0.497 e. The molecule has 1 aromatic rings. The van der Waals surface area contributed by atoms with E-state index in [1.807, 2.05) is 18.2 Å². The van der Waals surface area contributed by atoms with Crippen molar-refractivity contribution in [2.24, 2.45) is 11.3 Å². The first-order valence-corrected chi connectivity index (χ1v) is 8.42. The minimum atomic E-state index is -0.121. The predicted octanol–water partition coefficient (Wildman–Crippen LogP) is 2.09. The molecule has 0 aromatic heterocycles. The molecule has 2 aliphatic rings. The van der Waals surface area contributed by atoms with Crippen LogP contribution in [0.1, 0.15) is 31.2 Å². The number of rotatable bonds is 8. The van der Waals surface area contributed by atoms with Gasteiger partial charge in [-0.15, -0.1) is 0 Å². The number of hydrogen-bond acceptors (Lipinski definition) is 3. The maximum Gasteiger partial charge on any atom is 0.315 e. The quantitative estimate of drug-likeness (QED) is 0.687. The molecule has 1 atom stereocenters. The van der Waals surface area contributed by atoms with E-state index in [0.717, 1.165) is 25.0 Å². The van der Waals surface area contributed by atoms with Gasteiger partial charge in [0, 0.05) is 18.0 Å². The van der Waals surface area contributed by atoms with Gasteiger partial charge in [0.25, 0.3) is 0 Å². The molecule has 126 valence electrons. The first kappa shape index (κ1) is 16.1. The lowest BCUT2D eigenvalue weighted by molar-refractivity contribution is 0.201. The van der Waals surface area contributed by atoms with Crippen LogP contribution in [-0.2, 0) is 6.42 Å². The van der Waals surface area contributed by atoms with Gasteiger partial charge in [0.05, 0.1) is 13.7 Å². The standard InChI is InChI=1S/C18H26N2O3/c1-23-15-4-2-3-13(9-15)10-16(14-5-6-14)20-17(22)19-11-18(12-21)7-8-18/h2-4,9,14,16,21H,5-8,10-12H2,1H3,(H2,19,20,22). The van der Waals surface area contributed by atoms with Crippen LogP contribution in [-0.4, -0.2) is 37.4 Å². The molecule has 3 rings (SSSR count). The van der Waals surface area contributed by atoms with Gasteiger partial charge in [-0.1, -0.05) is 12.1 Å². The van der Waals surface area contributed by atoms with Crippen molar-refractivity contribution < 1.29 is 14.6 Å². The Morgan fingerprint density at radius 2 is 2.22 bits per heavy atom. The molecule has 2 saturated carbocycles. The second kappa shape index (κ2) is 6.79. The number of amides is 2. The average molecular weight is 318 g/mol. The predicted molar refractivity (Wildman–Crippen MR) is 88.5 cm³/mol. The van der Waals surface area contributed by atoms with E-state index in [4.69, 9.17) is 4.74 Å². The van der Waals surface area contributed by atoms with E-state index >= 15 is 0 Å². The highest BCUT2D eigenvalue weighted by molar-refractivity contribution is 5.74. The van der Waals surface area contributed by atoms with Crippen molar-refractivity contribution in [1.29, 1.82) is 0 Å². The number of benzene rings is 1. The SMILES string of the molecule is COc1cccc(CC(NC(=O)NCC2(CO)CC2)C2CC2)c1. The molecule has 0 bridgehead atoms. The Balaban J connectivity index is 1.53. The van der Waals surface area contributed by atoms with E-state index in [-0.39, 0.29) is 24.1 Å². The highest BCUT2D eigenvalue weighted by atomic mass is 16.5. The number of carbonyl (C=O) groups excluding carboxylic acids is 1. The summed E-state index contributed by atoms with van der Waals surface area (Å²) in [7, 11) is 1.66. The van der Waals surface area contributed by atoms with Gasteiger partial charge in [-0.05, 0) is 55.7 Å². The van der Waals surface area contributed by atoms with Crippen molar-refractivity contribution in [3.05, 3.63) is 29.8 Å². The molecule has 0 saturated heterocycles. The fourth-order valence-electron chi connectivity index (χ4n) is 2.94. The number of hydrogen-bond donors (Lipinski definition) is 3. The summed E-state index contributed by atoms with van der Waals surface area (Å²) in [6, 6.07) is 8.05. The van der Waals surface area contributed by atoms with Crippen LogP contribution in [0.25, 0.3) is 0 Å². The van der Waals surface area contributed by atoms with Gasteiger partial charge < -0.3 is 20.5 Å². The fourth-order valence-corrected chi connectivity index (χ4v) is 2.94. The number of ether oxygens (including phenoxy) is 1. The third-order valence-electron chi connectivity index (χ3n) is 5.01. The van der Waals surface area contributed by atoms with Crippen LogP contribution in [0.5, 0.6) is 5.75 Å². The third kappa shape index (κ3) is 4.38. The Morgan fingerprint density at radius 1 is 1.43 bits per heavy atom. The van der Waals surface area contributed by atoms with Crippen LogP contribution >= 0.6 is 0 Å². The molecular weight excluding hydrogens is 292 g/mol. The molecule has 1 aromatic carbocycles. The van der Waals surface area contributed by atoms with Crippen LogP contribution < -0.4 is 15.4 Å². The molecule has 0 radical (unpaired) electrons. The minimum Gasteiger partial charge on any atom is -0.497 e. The maximum absolute atomic E-state index is 12.2. The zero-order chi connectivity index (χ0) is 16.3. The van der Waals surface area contributed by atoms with Crippen molar-refractivity contribution >= 4 is 6.03 Å². The number of methoxy groups -OCH3 is 1. The summed E-state index contributed by atoms with van der Waals surface area (Å²) in [5, 5.41) is 15.4. The van der Waals surface area contributed by atoms with Crippen LogP contribution in [0.15, 0.2) is 24.3 Å². The summed E-state index contributed by atoms with van der Waals surface area (Å²) in [6.07, 6.45) is 5.17. The van der Waals surface area contributed by atoms with Gasteiger partial charge in [0.15, 0.2) is 0 Å². The zero-order valence-electron chi connectivity index (χ0n) is 13.7. The molecule has 2 amide bonds. The van der Waals surface area contributed by atoms with Gasteiger partial charge in [0.1, 0.15) is 5.75 Å². The Morgan fingerprint density at radius 3 is 2.83 bits per heavy atom. The van der Waals surface area contributed by atoms with Crippen LogP contribution in [0.3, 0.4) is 0 Å². The van der Waals surface area contributed by atoms with Gasteiger partial charge in [-0.2, -0.15) is 0 Å². The molecule has 2 aliphatic carbocycles. The highest BCUT2D eigenvalue weighted by Crippen LogP contribution is 2.44. The summed E-state index contributed by atoms with van der Waals surface area (Å²) in [4.78, 5) is 12.2. The van der Waals surface area contributed by atoms with E-state index in [0.29, 0.717) is 12.5 Å². The molecule has 5 nitrogen and oxygen atoms in total. The normalized spacial score (nSPS) is 19.7. The third-order valence-corrected chi connectivity index (χ3v) is 5.01. The monoisotopic (exact) mass is 318 g/mol. The topological polar surface area (TPSA) is 70.6 Å².